The van der Waals surface area contributed by atoms with Crippen LogP contribution in [-0.4, -0.2) is 41.8 Å². The van der Waals surface area contributed by atoms with E-state index < -0.39 is 6.36 Å². The highest BCUT2D eigenvalue weighted by atomic mass is 19.4. The third kappa shape index (κ3) is 4.52. The van der Waals surface area contributed by atoms with E-state index in [0.29, 0.717) is 6.04 Å². The van der Waals surface area contributed by atoms with Gasteiger partial charge in [-0.05, 0) is 40.8 Å². The Morgan fingerprint density at radius 3 is 2.03 bits per heavy atom. The molecule has 0 bridgehead atoms. The number of nitrogens with zero attached hydrogens (tertiary/aromatic N) is 2. The minimum Gasteiger partial charge on any atom is -0.406 e. The predicted octanol–water partition coefficient (Wildman–Crippen LogP) is 5.42. The third-order valence-corrected chi connectivity index (χ3v) is 6.46. The van der Waals surface area contributed by atoms with Crippen LogP contribution >= 0.6 is 0 Å². The van der Waals surface area contributed by atoms with Gasteiger partial charge in [0.05, 0.1) is 6.04 Å². The van der Waals surface area contributed by atoms with E-state index in [9.17, 15) is 13.2 Å². The largest absolute Gasteiger partial charge is 0.573 e. The van der Waals surface area contributed by atoms with Crippen LogP contribution in [0.4, 0.5) is 13.2 Å². The molecule has 1 saturated heterocycles. The summed E-state index contributed by atoms with van der Waals surface area (Å²) in [6, 6.07) is 26.6. The van der Waals surface area contributed by atoms with Crippen LogP contribution in [0.2, 0.25) is 0 Å². The molecule has 1 fully saturated rings. The lowest BCUT2D eigenvalue weighted by molar-refractivity contribution is -0.274. The highest BCUT2D eigenvalue weighted by molar-refractivity contribution is 5.38. The van der Waals surface area contributed by atoms with Crippen molar-refractivity contribution in [3.05, 3.63) is 101 Å². The second-order valence-electron chi connectivity index (χ2n) is 8.53. The molecule has 2 aliphatic heterocycles. The number of hydrogen-bond donors (Lipinski definition) is 0. The zero-order valence-corrected chi connectivity index (χ0v) is 17.6. The summed E-state index contributed by atoms with van der Waals surface area (Å²) in [5, 5.41) is 0. The number of alkyl halides is 3. The number of benzene rings is 3. The van der Waals surface area contributed by atoms with Gasteiger partial charge in [-0.3, -0.25) is 9.80 Å². The zero-order chi connectivity index (χ0) is 22.1. The van der Waals surface area contributed by atoms with Crippen molar-refractivity contribution in [3.8, 4) is 5.75 Å². The molecule has 2 aliphatic rings. The maximum Gasteiger partial charge on any atom is 0.573 e. The maximum atomic E-state index is 12.5. The van der Waals surface area contributed by atoms with E-state index in [2.05, 4.69) is 63.1 Å². The standard InChI is InChI=1S/C26H25F3N2O/c27-26(28,29)32-24-12-11-22-16-30(14-13-21(22)15-24)23-17-31(18-23)25(19-7-3-1-4-8-19)20-9-5-2-6-10-20/h1-12,15,23,25H,13-14,16-18H2. The molecule has 0 saturated carbocycles. The van der Waals surface area contributed by atoms with Gasteiger partial charge in [0.25, 0.3) is 0 Å². The van der Waals surface area contributed by atoms with Crippen molar-refractivity contribution in [2.45, 2.75) is 31.4 Å². The van der Waals surface area contributed by atoms with Crippen LogP contribution in [0.1, 0.15) is 28.3 Å². The minimum absolute atomic E-state index is 0.131. The SMILES string of the molecule is FC(F)(F)Oc1ccc2c(c1)CCN(C1CN(C(c3ccccc3)c3ccccc3)C1)C2. The molecule has 0 aromatic heterocycles. The van der Waals surface area contributed by atoms with Crippen molar-refractivity contribution >= 4 is 0 Å². The van der Waals surface area contributed by atoms with Gasteiger partial charge in [0, 0.05) is 32.2 Å². The molecule has 0 atom stereocenters. The molecular formula is C26H25F3N2O. The van der Waals surface area contributed by atoms with E-state index in [1.165, 1.54) is 23.3 Å². The van der Waals surface area contributed by atoms with Crippen molar-refractivity contribution in [1.29, 1.82) is 0 Å². The summed E-state index contributed by atoms with van der Waals surface area (Å²) in [7, 11) is 0. The number of hydrogen-bond acceptors (Lipinski definition) is 3. The Labute approximate surface area is 186 Å². The topological polar surface area (TPSA) is 15.7 Å². The van der Waals surface area contributed by atoms with Gasteiger partial charge in [-0.1, -0.05) is 66.7 Å². The van der Waals surface area contributed by atoms with Crippen molar-refractivity contribution in [3.63, 3.8) is 0 Å². The molecule has 0 amide bonds. The Morgan fingerprint density at radius 2 is 1.44 bits per heavy atom. The van der Waals surface area contributed by atoms with Crippen molar-refractivity contribution in [1.82, 2.24) is 9.80 Å². The Hall–Kier alpha value is -2.83. The Bertz CT molecular complexity index is 1010. The van der Waals surface area contributed by atoms with Gasteiger partial charge in [-0.2, -0.15) is 0 Å². The zero-order valence-electron chi connectivity index (χ0n) is 17.6. The fourth-order valence-corrected chi connectivity index (χ4v) is 4.87. The molecule has 5 rings (SSSR count). The minimum atomic E-state index is -4.65. The van der Waals surface area contributed by atoms with E-state index in [1.807, 2.05) is 12.1 Å². The van der Waals surface area contributed by atoms with Gasteiger partial charge in [0.15, 0.2) is 0 Å². The Kier molecular flexibility index (Phi) is 5.66. The Balaban J connectivity index is 1.26. The summed E-state index contributed by atoms with van der Waals surface area (Å²) in [5.41, 5.74) is 4.62. The molecule has 166 valence electrons. The monoisotopic (exact) mass is 438 g/mol. The first-order chi connectivity index (χ1) is 15.5. The van der Waals surface area contributed by atoms with Crippen LogP contribution < -0.4 is 4.74 Å². The molecule has 0 unspecified atom stereocenters. The van der Waals surface area contributed by atoms with E-state index in [4.69, 9.17) is 0 Å². The molecule has 3 nitrogen and oxygen atoms in total. The summed E-state index contributed by atoms with van der Waals surface area (Å²) >= 11 is 0. The molecule has 0 spiro atoms. The fourth-order valence-electron chi connectivity index (χ4n) is 4.87. The lowest BCUT2D eigenvalue weighted by atomic mass is 9.91. The number of halogens is 3. The van der Waals surface area contributed by atoms with E-state index in [1.54, 1.807) is 6.07 Å². The first-order valence-corrected chi connectivity index (χ1v) is 10.9. The van der Waals surface area contributed by atoms with Crippen molar-refractivity contribution in [2.24, 2.45) is 0 Å². The summed E-state index contributed by atoms with van der Waals surface area (Å²) in [5.74, 6) is -0.131. The molecule has 0 radical (unpaired) electrons. The van der Waals surface area contributed by atoms with E-state index in [-0.39, 0.29) is 11.8 Å². The van der Waals surface area contributed by atoms with E-state index in [0.717, 1.165) is 43.7 Å². The Morgan fingerprint density at radius 1 is 0.812 bits per heavy atom. The first kappa shape index (κ1) is 21.0. The smallest absolute Gasteiger partial charge is 0.406 e. The maximum absolute atomic E-state index is 12.5. The van der Waals surface area contributed by atoms with Gasteiger partial charge in [0.1, 0.15) is 5.75 Å². The quantitative estimate of drug-likeness (QED) is 0.529. The summed E-state index contributed by atoms with van der Waals surface area (Å²) < 4.78 is 41.6. The normalized spacial score (nSPS) is 17.8. The molecule has 6 heteroatoms. The van der Waals surface area contributed by atoms with Crippen LogP contribution in [0.3, 0.4) is 0 Å². The lowest BCUT2D eigenvalue weighted by Gasteiger charge is -2.50. The number of ether oxygens (including phenoxy) is 1. The number of likely N-dealkylation sites (tertiary alicyclic amines) is 1. The molecule has 3 aromatic rings. The number of fused-ring (bicyclic) bond motifs is 1. The lowest BCUT2D eigenvalue weighted by Crippen LogP contribution is -2.60. The first-order valence-electron chi connectivity index (χ1n) is 10.9. The van der Waals surface area contributed by atoms with E-state index >= 15 is 0 Å². The van der Waals surface area contributed by atoms with Crippen molar-refractivity contribution < 1.29 is 17.9 Å². The average Bonchev–Trinajstić information content (AvgIpc) is 2.76. The van der Waals surface area contributed by atoms with Crippen LogP contribution in [-0.2, 0) is 13.0 Å². The summed E-state index contributed by atoms with van der Waals surface area (Å²) in [6.07, 6.45) is -3.92. The molecular weight excluding hydrogens is 413 g/mol. The second-order valence-corrected chi connectivity index (χ2v) is 8.53. The van der Waals surface area contributed by atoms with Crippen LogP contribution in [0.25, 0.3) is 0 Å². The van der Waals surface area contributed by atoms with Gasteiger partial charge in [-0.25, -0.2) is 0 Å². The van der Waals surface area contributed by atoms with Gasteiger partial charge in [0.2, 0.25) is 0 Å². The van der Waals surface area contributed by atoms with Gasteiger partial charge < -0.3 is 4.74 Å². The molecule has 32 heavy (non-hydrogen) atoms. The number of rotatable bonds is 5. The van der Waals surface area contributed by atoms with Crippen LogP contribution in [0, 0.1) is 0 Å². The summed E-state index contributed by atoms with van der Waals surface area (Å²) in [6.45, 7) is 3.56. The average molecular weight is 438 g/mol. The highest BCUT2D eigenvalue weighted by Gasteiger charge is 2.38. The molecule has 2 heterocycles. The second kappa shape index (κ2) is 8.60. The van der Waals surface area contributed by atoms with Gasteiger partial charge >= 0.3 is 6.36 Å². The summed E-state index contributed by atoms with van der Waals surface area (Å²) in [4.78, 5) is 4.96. The predicted molar refractivity (Wildman–Crippen MR) is 117 cm³/mol. The van der Waals surface area contributed by atoms with Crippen LogP contribution in [0.15, 0.2) is 78.9 Å². The fraction of sp³-hybridized carbons (Fsp3) is 0.308. The third-order valence-electron chi connectivity index (χ3n) is 6.46. The molecule has 3 aromatic carbocycles. The molecule has 0 N–H and O–H groups in total. The highest BCUT2D eigenvalue weighted by Crippen LogP contribution is 2.35. The molecule has 0 aliphatic carbocycles. The van der Waals surface area contributed by atoms with Crippen LogP contribution in [0.5, 0.6) is 5.75 Å². The van der Waals surface area contributed by atoms with Crippen molar-refractivity contribution in [2.75, 3.05) is 19.6 Å². The van der Waals surface area contributed by atoms with Gasteiger partial charge in [-0.15, -0.1) is 13.2 Å².